The van der Waals surface area contributed by atoms with Crippen molar-refractivity contribution in [2.45, 2.75) is 19.0 Å². The van der Waals surface area contributed by atoms with Gasteiger partial charge in [0.1, 0.15) is 0 Å². The number of nitrogens with zero attached hydrogens (tertiary/aromatic N) is 4. The third-order valence-corrected chi connectivity index (χ3v) is 6.85. The van der Waals surface area contributed by atoms with Crippen molar-refractivity contribution in [3.63, 3.8) is 0 Å². The van der Waals surface area contributed by atoms with E-state index in [-0.39, 0.29) is 24.8 Å². The van der Waals surface area contributed by atoms with Crippen molar-refractivity contribution in [1.82, 2.24) is 18.4 Å². The topological polar surface area (TPSA) is 81.2 Å². The van der Waals surface area contributed by atoms with Gasteiger partial charge in [-0.05, 0) is 5.56 Å². The number of piperazine rings is 1. The van der Waals surface area contributed by atoms with Crippen molar-refractivity contribution in [2.75, 3.05) is 40.3 Å². The molecular formula is C17H24N4O4S. The van der Waals surface area contributed by atoms with Crippen LogP contribution < -0.4 is 0 Å². The molecule has 3 rings (SSSR count). The molecule has 9 heteroatoms. The van der Waals surface area contributed by atoms with Crippen LogP contribution >= 0.6 is 0 Å². The molecule has 0 aromatic heterocycles. The van der Waals surface area contributed by atoms with Crippen LogP contribution in [0.2, 0.25) is 0 Å². The number of carbonyl (C=O) groups excluding carboxylic acids is 2. The molecule has 0 aliphatic carbocycles. The average Bonchev–Trinajstić information content (AvgIpc) is 2.91. The summed E-state index contributed by atoms with van der Waals surface area (Å²) in [5.41, 5.74) is 0.914. The van der Waals surface area contributed by atoms with E-state index in [0.717, 1.165) is 5.56 Å². The lowest BCUT2D eigenvalue weighted by Gasteiger charge is -2.37. The minimum Gasteiger partial charge on any atom is -0.289 e. The van der Waals surface area contributed by atoms with Gasteiger partial charge in [0.15, 0.2) is 0 Å². The summed E-state index contributed by atoms with van der Waals surface area (Å²) in [6.45, 7) is 1.80. The third-order valence-electron chi connectivity index (χ3n) is 4.91. The van der Waals surface area contributed by atoms with Crippen LogP contribution in [0.15, 0.2) is 30.3 Å². The highest BCUT2D eigenvalue weighted by molar-refractivity contribution is 7.86. The van der Waals surface area contributed by atoms with Crippen LogP contribution in [-0.2, 0) is 26.3 Å². The van der Waals surface area contributed by atoms with E-state index in [1.165, 1.54) is 27.6 Å². The number of rotatable bonds is 5. The minimum absolute atomic E-state index is 0.159. The lowest BCUT2D eigenvalue weighted by molar-refractivity contribution is -0.140. The zero-order valence-corrected chi connectivity index (χ0v) is 15.9. The van der Waals surface area contributed by atoms with Gasteiger partial charge in [-0.25, -0.2) is 0 Å². The highest BCUT2D eigenvalue weighted by Crippen LogP contribution is 2.23. The van der Waals surface area contributed by atoms with E-state index in [2.05, 4.69) is 0 Å². The number of hydrogen-bond acceptors (Lipinski definition) is 5. The second-order valence-electron chi connectivity index (χ2n) is 6.75. The first-order chi connectivity index (χ1) is 12.3. The first-order valence-electron chi connectivity index (χ1n) is 8.60. The molecule has 0 bridgehead atoms. The van der Waals surface area contributed by atoms with Crippen molar-refractivity contribution in [3.05, 3.63) is 35.9 Å². The molecule has 8 nitrogen and oxygen atoms in total. The molecule has 1 aromatic carbocycles. The number of imide groups is 1. The van der Waals surface area contributed by atoms with Crippen LogP contribution in [-0.4, -0.2) is 85.0 Å². The molecule has 0 saturated carbocycles. The molecule has 2 aliphatic rings. The summed E-state index contributed by atoms with van der Waals surface area (Å²) in [5, 5.41) is 0. The fraction of sp³-hybridized carbons (Fsp3) is 0.529. The molecule has 1 aromatic rings. The molecule has 2 amide bonds. The minimum atomic E-state index is -3.44. The van der Waals surface area contributed by atoms with Crippen molar-refractivity contribution in [2.24, 2.45) is 0 Å². The normalized spacial score (nSPS) is 23.2. The summed E-state index contributed by atoms with van der Waals surface area (Å²) in [6.07, 6.45) is 0.159. The van der Waals surface area contributed by atoms with Gasteiger partial charge < -0.3 is 0 Å². The lowest BCUT2D eigenvalue weighted by Crippen LogP contribution is -2.55. The Morgan fingerprint density at radius 1 is 1.04 bits per heavy atom. The number of carbonyl (C=O) groups is 2. The van der Waals surface area contributed by atoms with Gasteiger partial charge in [0, 0.05) is 40.3 Å². The molecule has 26 heavy (non-hydrogen) atoms. The number of benzene rings is 1. The molecule has 2 saturated heterocycles. The summed E-state index contributed by atoms with van der Waals surface area (Å²) in [6, 6.07) is 8.93. The predicted molar refractivity (Wildman–Crippen MR) is 96.2 cm³/mol. The highest BCUT2D eigenvalue weighted by Gasteiger charge is 2.43. The largest absolute Gasteiger partial charge is 0.289 e. The number of likely N-dealkylation sites (tertiary alicyclic amines) is 1. The Bertz CT molecular complexity index is 773. The Kier molecular flexibility index (Phi) is 5.42. The molecule has 0 unspecified atom stereocenters. The van der Waals surface area contributed by atoms with Crippen LogP contribution in [0.4, 0.5) is 0 Å². The molecular weight excluding hydrogens is 356 g/mol. The van der Waals surface area contributed by atoms with E-state index in [4.69, 9.17) is 0 Å². The summed E-state index contributed by atoms with van der Waals surface area (Å²) < 4.78 is 27.0. The third kappa shape index (κ3) is 3.66. The van der Waals surface area contributed by atoms with E-state index in [0.29, 0.717) is 26.2 Å². The first kappa shape index (κ1) is 19.0. The number of amides is 2. The maximum atomic E-state index is 12.7. The van der Waals surface area contributed by atoms with E-state index in [9.17, 15) is 18.0 Å². The van der Waals surface area contributed by atoms with Gasteiger partial charge in [-0.1, -0.05) is 30.3 Å². The molecule has 0 N–H and O–H groups in total. The Morgan fingerprint density at radius 3 is 2.23 bits per heavy atom. The summed E-state index contributed by atoms with van der Waals surface area (Å²) in [7, 11) is -0.440. The zero-order chi connectivity index (χ0) is 18.9. The van der Waals surface area contributed by atoms with Crippen LogP contribution in [0.25, 0.3) is 0 Å². The van der Waals surface area contributed by atoms with Crippen molar-refractivity contribution in [3.8, 4) is 0 Å². The second kappa shape index (κ2) is 7.43. The maximum absolute atomic E-state index is 12.7. The molecule has 2 aliphatic heterocycles. The van der Waals surface area contributed by atoms with Gasteiger partial charge in [-0.2, -0.15) is 17.0 Å². The summed E-state index contributed by atoms with van der Waals surface area (Å²) in [5.74, 6) is -0.366. The lowest BCUT2D eigenvalue weighted by atomic mass is 10.2. The van der Waals surface area contributed by atoms with Crippen LogP contribution in [0.5, 0.6) is 0 Å². The Balaban J connectivity index is 1.63. The predicted octanol–water partition coefficient (Wildman–Crippen LogP) is -0.262. The average molecular weight is 380 g/mol. The van der Waals surface area contributed by atoms with Gasteiger partial charge in [0.2, 0.25) is 11.8 Å². The molecule has 2 heterocycles. The van der Waals surface area contributed by atoms with Gasteiger partial charge >= 0.3 is 0 Å². The van der Waals surface area contributed by atoms with E-state index in [1.54, 1.807) is 0 Å². The first-order valence-corrected chi connectivity index (χ1v) is 10.00. The smallest absolute Gasteiger partial charge is 0.281 e. The quantitative estimate of drug-likeness (QED) is 0.658. The number of hydrogen-bond donors (Lipinski definition) is 0. The van der Waals surface area contributed by atoms with E-state index >= 15 is 0 Å². The molecule has 1 atom stereocenters. The van der Waals surface area contributed by atoms with Crippen LogP contribution in [0.1, 0.15) is 12.0 Å². The van der Waals surface area contributed by atoms with Gasteiger partial charge in [0.05, 0.1) is 19.0 Å². The molecule has 2 fully saturated rings. The Hall–Kier alpha value is -1.81. The van der Waals surface area contributed by atoms with Crippen molar-refractivity contribution < 1.29 is 18.0 Å². The fourth-order valence-electron chi connectivity index (χ4n) is 3.36. The zero-order valence-electron chi connectivity index (χ0n) is 15.0. The van der Waals surface area contributed by atoms with Crippen molar-refractivity contribution in [1.29, 1.82) is 0 Å². The van der Waals surface area contributed by atoms with E-state index < -0.39 is 16.3 Å². The fourth-order valence-corrected chi connectivity index (χ4v) is 4.45. The molecule has 0 spiro atoms. The summed E-state index contributed by atoms with van der Waals surface area (Å²) >= 11 is 0. The maximum Gasteiger partial charge on any atom is 0.281 e. The van der Waals surface area contributed by atoms with Gasteiger partial charge in [-0.3, -0.25) is 19.4 Å². The second-order valence-corrected chi connectivity index (χ2v) is 8.89. The van der Waals surface area contributed by atoms with Crippen LogP contribution in [0.3, 0.4) is 0 Å². The van der Waals surface area contributed by atoms with Crippen molar-refractivity contribution >= 4 is 22.0 Å². The summed E-state index contributed by atoms with van der Waals surface area (Å²) in [4.78, 5) is 28.3. The van der Waals surface area contributed by atoms with E-state index in [1.807, 2.05) is 35.2 Å². The van der Waals surface area contributed by atoms with Crippen LogP contribution in [0, 0.1) is 0 Å². The molecule has 142 valence electrons. The monoisotopic (exact) mass is 380 g/mol. The molecule has 0 radical (unpaired) electrons. The van der Waals surface area contributed by atoms with Gasteiger partial charge in [0.25, 0.3) is 10.2 Å². The Morgan fingerprint density at radius 2 is 1.65 bits per heavy atom. The highest BCUT2D eigenvalue weighted by atomic mass is 32.2. The Labute approximate surface area is 154 Å². The standard InChI is InChI=1S/C17H24N4O4S/c1-18(2)26(24,25)20-10-8-19(9-11-20)15-12-16(22)21(17(15)23)13-14-6-4-3-5-7-14/h3-7,15H,8-13H2,1-2H3/t15-/m0/s1. The van der Waals surface area contributed by atoms with Gasteiger partial charge in [-0.15, -0.1) is 0 Å². The SMILES string of the molecule is CN(C)S(=O)(=O)N1CCN([C@H]2CC(=O)N(Cc3ccccc3)C2=O)CC1.